The summed E-state index contributed by atoms with van der Waals surface area (Å²) >= 11 is 0. The van der Waals surface area contributed by atoms with Gasteiger partial charge in [0.15, 0.2) is 6.54 Å². The first-order valence-electron chi connectivity index (χ1n) is 9.15. The Hall–Kier alpha value is -1.35. The lowest BCUT2D eigenvalue weighted by molar-refractivity contribution is -0.689. The number of nitrogens with two attached hydrogens (primary N) is 1. The molecule has 2 rings (SSSR count). The fourth-order valence-corrected chi connectivity index (χ4v) is 3.66. The molecule has 0 heterocycles. The van der Waals surface area contributed by atoms with Gasteiger partial charge in [-0.15, -0.1) is 0 Å². The molecule has 2 N–H and O–H groups in total. The molecule has 1 aliphatic carbocycles. The van der Waals surface area contributed by atoms with Gasteiger partial charge in [0.2, 0.25) is 0 Å². The van der Waals surface area contributed by atoms with Gasteiger partial charge in [0.05, 0.1) is 6.04 Å². The third-order valence-electron chi connectivity index (χ3n) is 5.50. The smallest absolute Gasteiger partial charge is 0.278 e. The van der Waals surface area contributed by atoms with Crippen LogP contribution in [0.1, 0.15) is 52.5 Å². The molecule has 3 nitrogen and oxygen atoms in total. The Labute approximate surface area is 141 Å². The van der Waals surface area contributed by atoms with Gasteiger partial charge in [-0.2, -0.15) is 0 Å². The van der Waals surface area contributed by atoms with Crippen molar-refractivity contribution in [3.63, 3.8) is 0 Å². The summed E-state index contributed by atoms with van der Waals surface area (Å²) in [4.78, 5) is 14.7. The molecule has 1 aromatic carbocycles. The predicted molar refractivity (Wildman–Crippen MR) is 94.9 cm³/mol. The summed E-state index contributed by atoms with van der Waals surface area (Å²) in [5.74, 6) is 1.75. The van der Waals surface area contributed by atoms with E-state index in [1.54, 1.807) is 0 Å². The van der Waals surface area contributed by atoms with Crippen LogP contribution in [-0.2, 0) is 11.3 Å². The third kappa shape index (κ3) is 5.07. The zero-order chi connectivity index (χ0) is 16.8. The van der Waals surface area contributed by atoms with Crippen LogP contribution in [0.15, 0.2) is 30.3 Å². The van der Waals surface area contributed by atoms with Gasteiger partial charge < -0.3 is 10.2 Å². The summed E-state index contributed by atoms with van der Waals surface area (Å²) in [6.07, 6.45) is 3.89. The SMILES string of the molecule is CC(C)N(Cc1ccccc1)C(=O)C[NH2+][C@@H]1CCC[C@@H](C)[C@@H]1C. The zero-order valence-electron chi connectivity index (χ0n) is 15.2. The molecule has 0 unspecified atom stereocenters. The van der Waals surface area contributed by atoms with E-state index in [0.717, 1.165) is 5.92 Å². The molecule has 0 saturated heterocycles. The van der Waals surface area contributed by atoms with E-state index >= 15 is 0 Å². The van der Waals surface area contributed by atoms with Gasteiger partial charge in [0, 0.05) is 18.5 Å². The fraction of sp³-hybridized carbons (Fsp3) is 0.650. The van der Waals surface area contributed by atoms with Gasteiger partial charge in [0.25, 0.3) is 5.91 Å². The van der Waals surface area contributed by atoms with Crippen LogP contribution >= 0.6 is 0 Å². The standard InChI is InChI=1S/C20H32N2O/c1-15(2)22(14-18-10-6-5-7-11-18)20(23)13-21-19-12-8-9-16(3)17(19)4/h5-7,10-11,15-17,19,21H,8-9,12-14H2,1-4H3/p+1/t16-,17+,19-/m1/s1. The number of rotatable bonds is 6. The first-order chi connectivity index (χ1) is 11.0. The summed E-state index contributed by atoms with van der Waals surface area (Å²) in [5.41, 5.74) is 1.20. The number of carbonyl (C=O) groups excluding carboxylic acids is 1. The third-order valence-corrected chi connectivity index (χ3v) is 5.50. The van der Waals surface area contributed by atoms with Gasteiger partial charge in [0.1, 0.15) is 0 Å². The molecule has 1 aliphatic rings. The average molecular weight is 317 g/mol. The Morgan fingerprint density at radius 2 is 1.91 bits per heavy atom. The van der Waals surface area contributed by atoms with Crippen molar-refractivity contribution in [2.24, 2.45) is 11.8 Å². The Balaban J connectivity index is 1.91. The highest BCUT2D eigenvalue weighted by atomic mass is 16.2. The summed E-state index contributed by atoms with van der Waals surface area (Å²) in [5, 5.41) is 2.29. The Morgan fingerprint density at radius 1 is 1.22 bits per heavy atom. The number of hydrogen-bond acceptors (Lipinski definition) is 1. The van der Waals surface area contributed by atoms with E-state index in [9.17, 15) is 4.79 Å². The maximum absolute atomic E-state index is 12.7. The number of quaternary nitrogens is 1. The van der Waals surface area contributed by atoms with Crippen molar-refractivity contribution >= 4 is 5.91 Å². The number of nitrogens with zero attached hydrogens (tertiary/aromatic N) is 1. The molecule has 0 aliphatic heterocycles. The van der Waals surface area contributed by atoms with Crippen molar-refractivity contribution in [3.05, 3.63) is 35.9 Å². The maximum Gasteiger partial charge on any atom is 0.278 e. The van der Waals surface area contributed by atoms with Crippen molar-refractivity contribution < 1.29 is 10.1 Å². The first kappa shape index (κ1) is 18.0. The minimum Gasteiger partial charge on any atom is -0.336 e. The van der Waals surface area contributed by atoms with Crippen LogP contribution in [0.4, 0.5) is 0 Å². The summed E-state index contributed by atoms with van der Waals surface area (Å²) < 4.78 is 0. The second kappa shape index (κ2) is 8.49. The lowest BCUT2D eigenvalue weighted by atomic mass is 9.78. The topological polar surface area (TPSA) is 36.9 Å². The highest BCUT2D eigenvalue weighted by molar-refractivity contribution is 5.77. The summed E-state index contributed by atoms with van der Waals surface area (Å²) in [7, 11) is 0. The lowest BCUT2D eigenvalue weighted by Crippen LogP contribution is -2.93. The monoisotopic (exact) mass is 317 g/mol. The van der Waals surface area contributed by atoms with Crippen molar-refractivity contribution in [3.8, 4) is 0 Å². The first-order valence-corrected chi connectivity index (χ1v) is 9.15. The second-order valence-corrected chi connectivity index (χ2v) is 7.47. The van der Waals surface area contributed by atoms with E-state index in [4.69, 9.17) is 0 Å². The molecule has 0 spiro atoms. The Kier molecular flexibility index (Phi) is 6.64. The molecular formula is C20H33N2O+. The van der Waals surface area contributed by atoms with Crippen LogP contribution in [0, 0.1) is 11.8 Å². The largest absolute Gasteiger partial charge is 0.336 e. The highest BCUT2D eigenvalue weighted by Crippen LogP contribution is 2.27. The van der Waals surface area contributed by atoms with Crippen LogP contribution in [0.25, 0.3) is 0 Å². The Morgan fingerprint density at radius 3 is 2.57 bits per heavy atom. The average Bonchev–Trinajstić information content (AvgIpc) is 2.54. The number of benzene rings is 1. The lowest BCUT2D eigenvalue weighted by Gasteiger charge is -2.33. The maximum atomic E-state index is 12.7. The van der Waals surface area contributed by atoms with E-state index in [2.05, 4.69) is 45.1 Å². The minimum absolute atomic E-state index is 0.235. The molecule has 1 fully saturated rings. The number of hydrogen-bond donors (Lipinski definition) is 1. The van der Waals surface area contributed by atoms with Gasteiger partial charge in [-0.3, -0.25) is 4.79 Å². The summed E-state index contributed by atoms with van der Waals surface area (Å²) in [6.45, 7) is 10.2. The van der Waals surface area contributed by atoms with E-state index in [0.29, 0.717) is 25.0 Å². The van der Waals surface area contributed by atoms with Crippen LogP contribution in [0.2, 0.25) is 0 Å². The Bertz CT molecular complexity index is 486. The fourth-order valence-electron chi connectivity index (χ4n) is 3.66. The quantitative estimate of drug-likeness (QED) is 0.860. The zero-order valence-corrected chi connectivity index (χ0v) is 15.2. The molecule has 23 heavy (non-hydrogen) atoms. The molecule has 3 heteroatoms. The minimum atomic E-state index is 0.235. The van der Waals surface area contributed by atoms with Crippen molar-refractivity contribution in [2.75, 3.05) is 6.54 Å². The van der Waals surface area contributed by atoms with E-state index in [-0.39, 0.29) is 11.9 Å². The number of amides is 1. The molecule has 0 bridgehead atoms. The van der Waals surface area contributed by atoms with E-state index in [1.807, 2.05) is 23.1 Å². The summed E-state index contributed by atoms with van der Waals surface area (Å²) in [6, 6.07) is 11.1. The molecular weight excluding hydrogens is 284 g/mol. The van der Waals surface area contributed by atoms with Crippen LogP contribution in [-0.4, -0.2) is 29.4 Å². The van der Waals surface area contributed by atoms with Gasteiger partial charge in [-0.05, 0) is 44.6 Å². The van der Waals surface area contributed by atoms with E-state index < -0.39 is 0 Å². The molecule has 0 aromatic heterocycles. The van der Waals surface area contributed by atoms with E-state index in [1.165, 1.54) is 24.8 Å². The molecule has 1 saturated carbocycles. The predicted octanol–water partition coefficient (Wildman–Crippen LogP) is 2.81. The normalized spacial score (nSPS) is 24.7. The molecule has 0 radical (unpaired) electrons. The van der Waals surface area contributed by atoms with Crippen LogP contribution in [0.3, 0.4) is 0 Å². The molecule has 3 atom stereocenters. The van der Waals surface area contributed by atoms with Crippen molar-refractivity contribution in [1.29, 1.82) is 0 Å². The van der Waals surface area contributed by atoms with Crippen LogP contribution in [0.5, 0.6) is 0 Å². The van der Waals surface area contributed by atoms with Crippen LogP contribution < -0.4 is 5.32 Å². The van der Waals surface area contributed by atoms with Gasteiger partial charge in [-0.1, -0.05) is 44.2 Å². The second-order valence-electron chi connectivity index (χ2n) is 7.47. The molecule has 1 aromatic rings. The van der Waals surface area contributed by atoms with Crippen molar-refractivity contribution in [1.82, 2.24) is 4.90 Å². The number of carbonyl (C=O) groups is 1. The molecule has 1 amide bonds. The van der Waals surface area contributed by atoms with Gasteiger partial charge >= 0.3 is 0 Å². The molecule has 128 valence electrons. The van der Waals surface area contributed by atoms with Crippen molar-refractivity contribution in [2.45, 2.75) is 65.6 Å². The highest BCUT2D eigenvalue weighted by Gasteiger charge is 2.30. The van der Waals surface area contributed by atoms with Gasteiger partial charge in [-0.25, -0.2) is 0 Å².